The minimum Gasteiger partial charge on any atom is -0.374 e. The van der Waals surface area contributed by atoms with Crippen LogP contribution in [0.15, 0.2) is 0 Å². The van der Waals surface area contributed by atoms with Crippen molar-refractivity contribution >= 4 is 0 Å². The molecule has 0 aromatic carbocycles. The molecule has 0 radical (unpaired) electrons. The van der Waals surface area contributed by atoms with Gasteiger partial charge in [0.05, 0.1) is 12.7 Å². The quantitative estimate of drug-likeness (QED) is 0.734. The molecule has 0 amide bonds. The molecule has 1 heterocycles. The summed E-state index contributed by atoms with van der Waals surface area (Å²) in [5, 5.41) is 3.54. The Morgan fingerprint density at radius 1 is 1.40 bits per heavy atom. The lowest BCUT2D eigenvalue weighted by Crippen LogP contribution is -2.46. The van der Waals surface area contributed by atoms with E-state index in [-0.39, 0.29) is 0 Å². The second-order valence-corrected chi connectivity index (χ2v) is 5.02. The van der Waals surface area contributed by atoms with Gasteiger partial charge in [0.25, 0.3) is 0 Å². The van der Waals surface area contributed by atoms with E-state index in [0.717, 1.165) is 44.6 Å². The van der Waals surface area contributed by atoms with Crippen molar-refractivity contribution in [3.05, 3.63) is 0 Å². The van der Waals surface area contributed by atoms with Crippen LogP contribution in [-0.2, 0) is 4.74 Å². The maximum absolute atomic E-state index is 5.73. The topological polar surface area (TPSA) is 24.5 Å². The summed E-state index contributed by atoms with van der Waals surface area (Å²) in [5.74, 6) is 1.90. The summed E-state index contributed by atoms with van der Waals surface area (Å²) < 4.78 is 5.73. The maximum Gasteiger partial charge on any atom is 0.0826 e. The van der Waals surface area contributed by atoms with Crippen LogP contribution >= 0.6 is 0 Å². The van der Waals surface area contributed by atoms with Crippen molar-refractivity contribution in [2.75, 3.05) is 39.3 Å². The van der Waals surface area contributed by atoms with Gasteiger partial charge in [-0.15, -0.1) is 0 Å². The predicted molar refractivity (Wildman–Crippen MR) is 62.0 cm³/mol. The van der Waals surface area contributed by atoms with Gasteiger partial charge in [0.15, 0.2) is 0 Å². The highest BCUT2D eigenvalue weighted by Crippen LogP contribution is 2.36. The zero-order valence-electron chi connectivity index (χ0n) is 10.0. The van der Waals surface area contributed by atoms with Gasteiger partial charge in [-0.25, -0.2) is 0 Å². The number of morpholine rings is 1. The first kappa shape index (κ1) is 11.4. The van der Waals surface area contributed by atoms with Crippen LogP contribution in [-0.4, -0.2) is 50.3 Å². The number of hydrogen-bond donors (Lipinski definition) is 1. The zero-order valence-corrected chi connectivity index (χ0v) is 10.0. The Kier molecular flexibility index (Phi) is 4.00. The summed E-state index contributed by atoms with van der Waals surface area (Å²) in [6.45, 7) is 11.0. The van der Waals surface area contributed by atoms with Gasteiger partial charge in [-0.1, -0.05) is 13.8 Å². The molecule has 0 aromatic heterocycles. The number of nitrogens with zero attached hydrogens (tertiary/aromatic N) is 1. The van der Waals surface area contributed by atoms with Gasteiger partial charge in [-0.05, 0) is 31.3 Å². The largest absolute Gasteiger partial charge is 0.374 e. The fraction of sp³-hybridized carbons (Fsp3) is 1.00. The third-order valence-electron chi connectivity index (χ3n) is 3.72. The first-order valence-electron chi connectivity index (χ1n) is 6.34. The Hall–Kier alpha value is -0.120. The number of likely N-dealkylation sites (N-methyl/N-ethyl adjacent to an activating group) is 1. The van der Waals surface area contributed by atoms with Gasteiger partial charge < -0.3 is 10.1 Å². The van der Waals surface area contributed by atoms with E-state index in [1.807, 2.05) is 0 Å². The molecule has 3 unspecified atom stereocenters. The van der Waals surface area contributed by atoms with Crippen molar-refractivity contribution in [3.63, 3.8) is 0 Å². The molecule has 15 heavy (non-hydrogen) atoms. The Labute approximate surface area is 93.2 Å². The number of nitrogens with one attached hydrogen (secondary N) is 1. The lowest BCUT2D eigenvalue weighted by molar-refractivity contribution is -0.0252. The summed E-state index contributed by atoms with van der Waals surface area (Å²) in [6.07, 6.45) is 1.83. The molecule has 0 aromatic rings. The molecule has 3 heteroatoms. The molecule has 1 aliphatic heterocycles. The highest BCUT2D eigenvalue weighted by molar-refractivity contribution is 4.84. The van der Waals surface area contributed by atoms with Gasteiger partial charge in [-0.3, -0.25) is 4.90 Å². The molecule has 1 saturated carbocycles. The molecular formula is C12H24N2O. The van der Waals surface area contributed by atoms with Crippen molar-refractivity contribution in [1.29, 1.82) is 0 Å². The standard InChI is InChI=1S/C12H24N2O/c1-3-14-4-5-15-12(9-14)8-13-7-11-6-10(11)2/h10-13H,3-9H2,1-2H3. The molecule has 0 spiro atoms. The Bertz CT molecular complexity index is 198. The fourth-order valence-electron chi connectivity index (χ4n) is 2.30. The van der Waals surface area contributed by atoms with Crippen LogP contribution in [0.25, 0.3) is 0 Å². The van der Waals surface area contributed by atoms with Gasteiger partial charge in [0, 0.05) is 19.6 Å². The van der Waals surface area contributed by atoms with Gasteiger partial charge in [-0.2, -0.15) is 0 Å². The molecule has 2 fully saturated rings. The third-order valence-corrected chi connectivity index (χ3v) is 3.72. The second kappa shape index (κ2) is 5.28. The van der Waals surface area contributed by atoms with Gasteiger partial charge >= 0.3 is 0 Å². The lowest BCUT2D eigenvalue weighted by Gasteiger charge is -2.32. The van der Waals surface area contributed by atoms with Crippen molar-refractivity contribution in [1.82, 2.24) is 10.2 Å². The molecule has 2 aliphatic rings. The summed E-state index contributed by atoms with van der Waals surface area (Å²) >= 11 is 0. The van der Waals surface area contributed by atoms with Gasteiger partial charge in [0.1, 0.15) is 0 Å². The normalized spacial score (nSPS) is 36.8. The number of rotatable bonds is 5. The van der Waals surface area contributed by atoms with Gasteiger partial charge in [0.2, 0.25) is 0 Å². The molecule has 2 rings (SSSR count). The Morgan fingerprint density at radius 2 is 2.20 bits per heavy atom. The summed E-state index contributed by atoms with van der Waals surface area (Å²) in [5.41, 5.74) is 0. The summed E-state index contributed by atoms with van der Waals surface area (Å²) in [7, 11) is 0. The fourth-order valence-corrected chi connectivity index (χ4v) is 2.30. The van der Waals surface area contributed by atoms with E-state index in [0.29, 0.717) is 6.10 Å². The summed E-state index contributed by atoms with van der Waals surface area (Å²) in [4.78, 5) is 2.47. The van der Waals surface area contributed by atoms with Crippen molar-refractivity contribution < 1.29 is 4.74 Å². The smallest absolute Gasteiger partial charge is 0.0826 e. The Balaban J connectivity index is 1.57. The number of hydrogen-bond acceptors (Lipinski definition) is 3. The van der Waals surface area contributed by atoms with Crippen molar-refractivity contribution in [3.8, 4) is 0 Å². The van der Waals surface area contributed by atoms with Crippen molar-refractivity contribution in [2.45, 2.75) is 26.4 Å². The van der Waals surface area contributed by atoms with E-state index >= 15 is 0 Å². The lowest BCUT2D eigenvalue weighted by atomic mass is 10.2. The van der Waals surface area contributed by atoms with E-state index in [9.17, 15) is 0 Å². The minimum atomic E-state index is 0.410. The Morgan fingerprint density at radius 3 is 2.87 bits per heavy atom. The molecule has 3 atom stereocenters. The second-order valence-electron chi connectivity index (χ2n) is 5.02. The van der Waals surface area contributed by atoms with Crippen LogP contribution in [0.4, 0.5) is 0 Å². The predicted octanol–water partition coefficient (Wildman–Crippen LogP) is 0.953. The average molecular weight is 212 g/mol. The maximum atomic E-state index is 5.73. The van der Waals surface area contributed by atoms with Crippen LogP contribution < -0.4 is 5.32 Å². The van der Waals surface area contributed by atoms with E-state index in [1.54, 1.807) is 0 Å². The van der Waals surface area contributed by atoms with E-state index < -0.39 is 0 Å². The minimum absolute atomic E-state index is 0.410. The van der Waals surface area contributed by atoms with Crippen LogP contribution in [0.3, 0.4) is 0 Å². The zero-order chi connectivity index (χ0) is 10.7. The first-order chi connectivity index (χ1) is 7.29. The molecular weight excluding hydrogens is 188 g/mol. The SMILES string of the molecule is CCN1CCOC(CNCC2CC2C)C1. The first-order valence-corrected chi connectivity index (χ1v) is 6.34. The van der Waals surface area contributed by atoms with Crippen molar-refractivity contribution in [2.24, 2.45) is 11.8 Å². The monoisotopic (exact) mass is 212 g/mol. The van der Waals surface area contributed by atoms with Crippen LogP contribution in [0.2, 0.25) is 0 Å². The number of ether oxygens (including phenoxy) is 1. The summed E-state index contributed by atoms with van der Waals surface area (Å²) in [6, 6.07) is 0. The average Bonchev–Trinajstić information content (AvgIpc) is 2.95. The highest BCUT2D eigenvalue weighted by atomic mass is 16.5. The molecule has 1 aliphatic carbocycles. The van der Waals surface area contributed by atoms with Crippen LogP contribution in [0, 0.1) is 11.8 Å². The van der Waals surface area contributed by atoms with Crippen LogP contribution in [0.1, 0.15) is 20.3 Å². The van der Waals surface area contributed by atoms with E-state index in [2.05, 4.69) is 24.1 Å². The molecule has 88 valence electrons. The molecule has 1 saturated heterocycles. The molecule has 1 N–H and O–H groups in total. The third kappa shape index (κ3) is 3.44. The van der Waals surface area contributed by atoms with E-state index in [4.69, 9.17) is 4.74 Å². The molecule has 0 bridgehead atoms. The van der Waals surface area contributed by atoms with E-state index in [1.165, 1.54) is 13.0 Å². The van der Waals surface area contributed by atoms with Crippen LogP contribution in [0.5, 0.6) is 0 Å². The highest BCUT2D eigenvalue weighted by Gasteiger charge is 2.32. The molecule has 3 nitrogen and oxygen atoms in total.